The van der Waals surface area contributed by atoms with Gasteiger partial charge in [0.1, 0.15) is 0 Å². The first-order valence-corrected chi connectivity index (χ1v) is 3.76. The van der Waals surface area contributed by atoms with Crippen LogP contribution in [0.3, 0.4) is 0 Å². The Kier molecular flexibility index (Phi) is 4.76. The maximum absolute atomic E-state index is 10.9. The number of nitrogens with one attached hydrogen (secondary N) is 2. The summed E-state index contributed by atoms with van der Waals surface area (Å²) in [6.45, 7) is 3.71. The van der Waals surface area contributed by atoms with Crippen LogP contribution in [-0.4, -0.2) is 24.9 Å². The van der Waals surface area contributed by atoms with Crippen LogP contribution in [0.15, 0.2) is 12.2 Å². The van der Waals surface area contributed by atoms with E-state index in [-0.39, 0.29) is 17.9 Å². The predicted molar refractivity (Wildman–Crippen MR) is 46.5 cm³/mol. The molecule has 0 aromatic heterocycles. The van der Waals surface area contributed by atoms with E-state index >= 15 is 0 Å². The van der Waals surface area contributed by atoms with Gasteiger partial charge in [0.2, 0.25) is 11.8 Å². The predicted octanol–water partition coefficient (Wildman–Crippen LogP) is -0.187. The summed E-state index contributed by atoms with van der Waals surface area (Å²) in [5, 5.41) is 4.98. The minimum absolute atomic E-state index is 0.0897. The van der Waals surface area contributed by atoms with Crippen LogP contribution in [0.25, 0.3) is 0 Å². The molecule has 0 aliphatic carbocycles. The maximum atomic E-state index is 10.9. The third-order valence-corrected chi connectivity index (χ3v) is 1.06. The van der Waals surface area contributed by atoms with Crippen LogP contribution in [0, 0.1) is 0 Å². The molecule has 0 rings (SSSR count). The average Bonchev–Trinajstić information content (AvgIpc) is 1.99. The molecule has 0 heterocycles. The second-order valence-corrected chi connectivity index (χ2v) is 2.61. The van der Waals surface area contributed by atoms with Crippen LogP contribution in [0.4, 0.5) is 0 Å². The third-order valence-electron chi connectivity index (χ3n) is 1.06. The fraction of sp³-hybridized carbons (Fsp3) is 0.500. The van der Waals surface area contributed by atoms with Gasteiger partial charge in [0, 0.05) is 25.2 Å². The van der Waals surface area contributed by atoms with Gasteiger partial charge < -0.3 is 10.6 Å². The quantitative estimate of drug-likeness (QED) is 0.577. The van der Waals surface area contributed by atoms with E-state index in [1.54, 1.807) is 0 Å². The summed E-state index contributed by atoms with van der Waals surface area (Å²) in [5.41, 5.74) is 0. The number of carbonyl (C=O) groups excluding carboxylic acids is 2. The van der Waals surface area contributed by atoms with Gasteiger partial charge in [-0.05, 0) is 13.8 Å². The molecule has 0 bridgehead atoms. The first-order chi connectivity index (χ1) is 5.56. The maximum Gasteiger partial charge on any atom is 0.244 e. The highest BCUT2D eigenvalue weighted by molar-refractivity contribution is 5.96. The summed E-state index contributed by atoms with van der Waals surface area (Å²) < 4.78 is 0. The Morgan fingerprint density at radius 2 is 1.67 bits per heavy atom. The highest BCUT2D eigenvalue weighted by Gasteiger charge is 1.97. The van der Waals surface area contributed by atoms with E-state index in [4.69, 9.17) is 0 Å². The monoisotopic (exact) mass is 170 g/mol. The minimum Gasteiger partial charge on any atom is -0.356 e. The first-order valence-electron chi connectivity index (χ1n) is 3.76. The van der Waals surface area contributed by atoms with E-state index in [0.29, 0.717) is 0 Å². The second-order valence-electron chi connectivity index (χ2n) is 2.61. The molecule has 2 N–H and O–H groups in total. The topological polar surface area (TPSA) is 58.2 Å². The number of amides is 2. The molecule has 4 heteroatoms. The Morgan fingerprint density at radius 3 is 2.08 bits per heavy atom. The van der Waals surface area contributed by atoms with Crippen molar-refractivity contribution in [2.45, 2.75) is 19.9 Å². The highest BCUT2D eigenvalue weighted by Crippen LogP contribution is 1.79. The Morgan fingerprint density at radius 1 is 1.17 bits per heavy atom. The molecule has 0 fully saturated rings. The van der Waals surface area contributed by atoms with Crippen molar-refractivity contribution in [3.05, 3.63) is 12.2 Å². The lowest BCUT2D eigenvalue weighted by molar-refractivity contribution is -0.118. The lowest BCUT2D eigenvalue weighted by Gasteiger charge is -2.03. The standard InChI is InChI=1S/C8H14N2O2/c1-6(2)10-8(12)5-4-7(11)9-3/h4-6H,1-3H3,(H,9,11)(H,10,12)/b5-4+. The van der Waals surface area contributed by atoms with Crippen LogP contribution < -0.4 is 10.6 Å². The van der Waals surface area contributed by atoms with Gasteiger partial charge in [0.05, 0.1) is 0 Å². The molecule has 0 saturated carbocycles. The van der Waals surface area contributed by atoms with Crippen molar-refractivity contribution in [2.24, 2.45) is 0 Å². The summed E-state index contributed by atoms with van der Waals surface area (Å²) in [6.07, 6.45) is 2.40. The average molecular weight is 170 g/mol. The molecule has 2 amide bonds. The molecule has 0 unspecified atom stereocenters. The normalized spacial score (nSPS) is 10.3. The molecule has 4 nitrogen and oxygen atoms in total. The van der Waals surface area contributed by atoms with E-state index in [0.717, 1.165) is 0 Å². The Hall–Kier alpha value is -1.32. The number of carbonyl (C=O) groups is 2. The highest BCUT2D eigenvalue weighted by atomic mass is 16.2. The van der Waals surface area contributed by atoms with Gasteiger partial charge in [-0.2, -0.15) is 0 Å². The van der Waals surface area contributed by atoms with Gasteiger partial charge in [-0.25, -0.2) is 0 Å². The van der Waals surface area contributed by atoms with Crippen LogP contribution >= 0.6 is 0 Å². The summed E-state index contributed by atoms with van der Waals surface area (Å²) >= 11 is 0. The Bertz CT molecular complexity index is 197. The largest absolute Gasteiger partial charge is 0.356 e. The zero-order valence-corrected chi connectivity index (χ0v) is 7.55. The van der Waals surface area contributed by atoms with Crippen LogP contribution in [0.5, 0.6) is 0 Å². The van der Waals surface area contributed by atoms with Gasteiger partial charge in [-0.15, -0.1) is 0 Å². The van der Waals surface area contributed by atoms with E-state index in [9.17, 15) is 9.59 Å². The SMILES string of the molecule is CNC(=O)/C=C/C(=O)NC(C)C. The van der Waals surface area contributed by atoms with Crippen molar-refractivity contribution in [3.63, 3.8) is 0 Å². The molecule has 0 spiro atoms. The van der Waals surface area contributed by atoms with Gasteiger partial charge in [0.25, 0.3) is 0 Å². The van der Waals surface area contributed by atoms with Crippen LogP contribution in [0.1, 0.15) is 13.8 Å². The molecule has 0 aromatic carbocycles. The van der Waals surface area contributed by atoms with Crippen molar-refractivity contribution in [1.82, 2.24) is 10.6 Å². The first kappa shape index (κ1) is 10.7. The van der Waals surface area contributed by atoms with Crippen molar-refractivity contribution in [2.75, 3.05) is 7.05 Å². The third kappa shape index (κ3) is 5.46. The van der Waals surface area contributed by atoms with E-state index < -0.39 is 0 Å². The van der Waals surface area contributed by atoms with Crippen molar-refractivity contribution < 1.29 is 9.59 Å². The zero-order chi connectivity index (χ0) is 9.56. The molecule has 0 aliphatic heterocycles. The zero-order valence-electron chi connectivity index (χ0n) is 7.55. The molecule has 68 valence electrons. The van der Waals surface area contributed by atoms with Gasteiger partial charge in [0.15, 0.2) is 0 Å². The van der Waals surface area contributed by atoms with Crippen molar-refractivity contribution in [3.8, 4) is 0 Å². The molecule has 0 aliphatic rings. The lowest BCUT2D eigenvalue weighted by atomic mass is 10.3. The Labute approximate surface area is 72.0 Å². The fourth-order valence-corrected chi connectivity index (χ4v) is 0.567. The summed E-state index contributed by atoms with van der Waals surface area (Å²) in [4.78, 5) is 21.5. The molecular formula is C8H14N2O2. The number of likely N-dealkylation sites (N-methyl/N-ethyl adjacent to an activating group) is 1. The number of hydrogen-bond acceptors (Lipinski definition) is 2. The second kappa shape index (κ2) is 5.35. The van der Waals surface area contributed by atoms with Gasteiger partial charge >= 0.3 is 0 Å². The fourth-order valence-electron chi connectivity index (χ4n) is 0.567. The van der Waals surface area contributed by atoms with E-state index in [1.165, 1.54) is 19.2 Å². The van der Waals surface area contributed by atoms with Crippen molar-refractivity contribution >= 4 is 11.8 Å². The van der Waals surface area contributed by atoms with Crippen molar-refractivity contribution in [1.29, 1.82) is 0 Å². The molecule has 0 saturated heterocycles. The summed E-state index contributed by atoms with van der Waals surface area (Å²) in [6, 6.07) is 0.0897. The van der Waals surface area contributed by atoms with Crippen LogP contribution in [0.2, 0.25) is 0 Å². The van der Waals surface area contributed by atoms with Gasteiger partial charge in [-0.1, -0.05) is 0 Å². The minimum atomic E-state index is -0.283. The lowest BCUT2D eigenvalue weighted by Crippen LogP contribution is -2.28. The van der Waals surface area contributed by atoms with Gasteiger partial charge in [-0.3, -0.25) is 9.59 Å². The number of rotatable bonds is 3. The molecule has 0 radical (unpaired) electrons. The van der Waals surface area contributed by atoms with Crippen LogP contribution in [-0.2, 0) is 9.59 Å². The van der Waals surface area contributed by atoms with E-state index in [1.807, 2.05) is 13.8 Å². The molecular weight excluding hydrogens is 156 g/mol. The van der Waals surface area contributed by atoms with E-state index in [2.05, 4.69) is 10.6 Å². The summed E-state index contributed by atoms with van der Waals surface area (Å²) in [7, 11) is 1.51. The summed E-state index contributed by atoms with van der Waals surface area (Å²) in [5.74, 6) is -0.539. The Balaban J connectivity index is 3.83. The smallest absolute Gasteiger partial charge is 0.244 e. The molecule has 0 atom stereocenters. The number of hydrogen-bond donors (Lipinski definition) is 2. The molecule has 12 heavy (non-hydrogen) atoms. The molecule has 0 aromatic rings.